The molecule has 4 heteroatoms. The van der Waals surface area contributed by atoms with E-state index in [1.54, 1.807) is 0 Å². The van der Waals surface area contributed by atoms with Gasteiger partial charge in [0.15, 0.2) is 0 Å². The summed E-state index contributed by atoms with van der Waals surface area (Å²) in [6.07, 6.45) is 0. The highest BCUT2D eigenvalue weighted by molar-refractivity contribution is 5.71. The van der Waals surface area contributed by atoms with E-state index >= 15 is 0 Å². The quantitative estimate of drug-likeness (QED) is 0.760. The smallest absolute Gasteiger partial charge is 0.308 e. The Kier molecular flexibility index (Phi) is 3.35. The number of carboxylic acid groups (broad SMARTS) is 1. The first kappa shape index (κ1) is 12.0. The van der Waals surface area contributed by atoms with Crippen molar-refractivity contribution in [3.05, 3.63) is 0 Å². The third kappa shape index (κ3) is 2.93. The number of aliphatic carboxylic acids is 1. The van der Waals surface area contributed by atoms with Crippen molar-refractivity contribution in [1.82, 2.24) is 4.90 Å². The molecule has 0 radical (unpaired) electrons. The van der Waals surface area contributed by atoms with Crippen LogP contribution in [0.1, 0.15) is 20.8 Å². The lowest BCUT2D eigenvalue weighted by molar-refractivity contribution is -0.142. The number of likely N-dealkylation sites (tertiary alicyclic amines) is 1. The van der Waals surface area contributed by atoms with Crippen molar-refractivity contribution >= 4 is 5.97 Å². The number of nitriles is 1. The number of hydrogen-bond donors (Lipinski definition) is 1. The van der Waals surface area contributed by atoms with Crippen LogP contribution in [0, 0.1) is 28.6 Å². The van der Waals surface area contributed by atoms with Crippen LogP contribution in [0.4, 0.5) is 0 Å². The van der Waals surface area contributed by atoms with E-state index in [0.717, 1.165) is 6.54 Å². The first-order chi connectivity index (χ1) is 6.85. The molecule has 0 saturated carbocycles. The van der Waals surface area contributed by atoms with Gasteiger partial charge in [0.25, 0.3) is 0 Å². The van der Waals surface area contributed by atoms with Gasteiger partial charge in [-0.2, -0.15) is 5.26 Å². The van der Waals surface area contributed by atoms with Crippen LogP contribution in [0.2, 0.25) is 0 Å². The van der Waals surface area contributed by atoms with Crippen LogP contribution in [-0.2, 0) is 4.79 Å². The molecule has 0 aliphatic carbocycles. The summed E-state index contributed by atoms with van der Waals surface area (Å²) < 4.78 is 0. The summed E-state index contributed by atoms with van der Waals surface area (Å²) in [7, 11) is 0. The van der Waals surface area contributed by atoms with Crippen molar-refractivity contribution in [1.29, 1.82) is 5.26 Å². The highest BCUT2D eigenvalue weighted by Crippen LogP contribution is 2.26. The lowest BCUT2D eigenvalue weighted by Gasteiger charge is -2.23. The molecule has 1 aliphatic rings. The molecule has 1 aliphatic heterocycles. The van der Waals surface area contributed by atoms with E-state index in [-0.39, 0.29) is 11.8 Å². The average Bonchev–Trinajstić information content (AvgIpc) is 2.46. The lowest BCUT2D eigenvalue weighted by atomic mass is 9.95. The summed E-state index contributed by atoms with van der Waals surface area (Å²) in [6, 6.07) is 2.24. The summed E-state index contributed by atoms with van der Waals surface area (Å²) in [5.74, 6) is -0.823. The van der Waals surface area contributed by atoms with Gasteiger partial charge in [0, 0.05) is 19.6 Å². The zero-order chi connectivity index (χ0) is 11.6. The van der Waals surface area contributed by atoms with E-state index in [1.165, 1.54) is 0 Å². The monoisotopic (exact) mass is 210 g/mol. The second-order valence-corrected chi connectivity index (χ2v) is 5.11. The molecule has 4 nitrogen and oxygen atoms in total. The highest BCUT2D eigenvalue weighted by atomic mass is 16.4. The standard InChI is InChI=1S/C11H18N2O2/c1-8-4-13(5-9(8)10(14)15)7-11(2,3)6-12/h8-9H,4-5,7H2,1-3H3,(H,14,15). The van der Waals surface area contributed by atoms with E-state index in [1.807, 2.05) is 20.8 Å². The van der Waals surface area contributed by atoms with Crippen molar-refractivity contribution in [3.8, 4) is 6.07 Å². The number of carbonyl (C=O) groups is 1. The van der Waals surface area contributed by atoms with Crippen molar-refractivity contribution < 1.29 is 9.90 Å². The van der Waals surface area contributed by atoms with Gasteiger partial charge in [-0.15, -0.1) is 0 Å². The van der Waals surface area contributed by atoms with Gasteiger partial charge in [0.05, 0.1) is 17.4 Å². The van der Waals surface area contributed by atoms with Gasteiger partial charge in [-0.1, -0.05) is 6.92 Å². The average molecular weight is 210 g/mol. The van der Waals surface area contributed by atoms with Crippen molar-refractivity contribution in [2.75, 3.05) is 19.6 Å². The number of hydrogen-bond acceptors (Lipinski definition) is 3. The van der Waals surface area contributed by atoms with Gasteiger partial charge in [-0.05, 0) is 19.8 Å². The number of rotatable bonds is 3. The Balaban J connectivity index is 2.57. The minimum absolute atomic E-state index is 0.178. The fourth-order valence-electron chi connectivity index (χ4n) is 2.11. The molecule has 1 fully saturated rings. The Morgan fingerprint density at radius 3 is 2.60 bits per heavy atom. The molecule has 1 saturated heterocycles. The first-order valence-corrected chi connectivity index (χ1v) is 5.22. The van der Waals surface area contributed by atoms with Crippen LogP contribution in [0.5, 0.6) is 0 Å². The van der Waals surface area contributed by atoms with Crippen LogP contribution in [-0.4, -0.2) is 35.6 Å². The maximum atomic E-state index is 10.9. The molecule has 2 atom stereocenters. The summed E-state index contributed by atoms with van der Waals surface area (Å²) in [6.45, 7) is 7.72. The molecule has 2 unspecified atom stereocenters. The Hall–Kier alpha value is -1.08. The first-order valence-electron chi connectivity index (χ1n) is 5.22. The van der Waals surface area contributed by atoms with Gasteiger partial charge in [-0.3, -0.25) is 4.79 Å². The topological polar surface area (TPSA) is 64.3 Å². The third-order valence-electron chi connectivity index (χ3n) is 2.93. The van der Waals surface area contributed by atoms with Crippen LogP contribution in [0.25, 0.3) is 0 Å². The summed E-state index contributed by atoms with van der Waals surface area (Å²) in [4.78, 5) is 13.0. The largest absolute Gasteiger partial charge is 0.481 e. The molecule has 84 valence electrons. The van der Waals surface area contributed by atoms with Gasteiger partial charge < -0.3 is 10.0 Å². The van der Waals surface area contributed by atoms with Crippen molar-refractivity contribution in [2.45, 2.75) is 20.8 Å². The SMILES string of the molecule is CC1CN(CC(C)(C)C#N)CC1C(=O)O. The Morgan fingerprint density at radius 2 is 2.20 bits per heavy atom. The highest BCUT2D eigenvalue weighted by Gasteiger charge is 2.36. The van der Waals surface area contributed by atoms with Gasteiger partial charge >= 0.3 is 5.97 Å². The van der Waals surface area contributed by atoms with Gasteiger partial charge in [0.2, 0.25) is 0 Å². The molecule has 15 heavy (non-hydrogen) atoms. The zero-order valence-corrected chi connectivity index (χ0v) is 9.53. The molecule has 0 aromatic heterocycles. The van der Waals surface area contributed by atoms with Crippen molar-refractivity contribution in [3.63, 3.8) is 0 Å². The molecule has 0 spiro atoms. The van der Waals surface area contributed by atoms with E-state index in [0.29, 0.717) is 13.1 Å². The molecule has 0 amide bonds. The Bertz CT molecular complexity index is 293. The number of nitrogens with zero attached hydrogens (tertiary/aromatic N) is 2. The zero-order valence-electron chi connectivity index (χ0n) is 9.53. The second kappa shape index (κ2) is 4.19. The fraction of sp³-hybridized carbons (Fsp3) is 0.818. The number of carboxylic acids is 1. The minimum Gasteiger partial charge on any atom is -0.481 e. The predicted octanol–water partition coefficient (Wildman–Crippen LogP) is 1.19. The van der Waals surface area contributed by atoms with Crippen molar-refractivity contribution in [2.24, 2.45) is 17.3 Å². The molecule has 1 N–H and O–H groups in total. The summed E-state index contributed by atoms with van der Waals surface area (Å²) >= 11 is 0. The molecule has 0 aromatic carbocycles. The maximum Gasteiger partial charge on any atom is 0.308 e. The van der Waals surface area contributed by atoms with E-state index in [2.05, 4.69) is 11.0 Å². The molecule has 1 heterocycles. The third-order valence-corrected chi connectivity index (χ3v) is 2.93. The molecule has 1 rings (SSSR count). The molecular formula is C11H18N2O2. The molecular weight excluding hydrogens is 192 g/mol. The Labute approximate surface area is 90.5 Å². The lowest BCUT2D eigenvalue weighted by Crippen LogP contribution is -2.32. The second-order valence-electron chi connectivity index (χ2n) is 5.11. The van der Waals surface area contributed by atoms with Gasteiger partial charge in [0.1, 0.15) is 0 Å². The predicted molar refractivity (Wildman–Crippen MR) is 56.1 cm³/mol. The maximum absolute atomic E-state index is 10.9. The normalized spacial score (nSPS) is 27.6. The van der Waals surface area contributed by atoms with E-state index < -0.39 is 11.4 Å². The van der Waals surface area contributed by atoms with Crippen LogP contribution in [0.3, 0.4) is 0 Å². The molecule has 0 aromatic rings. The molecule has 0 bridgehead atoms. The van der Waals surface area contributed by atoms with E-state index in [4.69, 9.17) is 10.4 Å². The van der Waals surface area contributed by atoms with Crippen LogP contribution >= 0.6 is 0 Å². The summed E-state index contributed by atoms with van der Waals surface area (Å²) in [5.41, 5.74) is -0.396. The fourth-order valence-corrected chi connectivity index (χ4v) is 2.11. The van der Waals surface area contributed by atoms with E-state index in [9.17, 15) is 4.79 Å². The summed E-state index contributed by atoms with van der Waals surface area (Å²) in [5, 5.41) is 17.9. The van der Waals surface area contributed by atoms with Crippen LogP contribution < -0.4 is 0 Å². The Morgan fingerprint density at radius 1 is 1.60 bits per heavy atom. The van der Waals surface area contributed by atoms with Gasteiger partial charge in [-0.25, -0.2) is 0 Å². The van der Waals surface area contributed by atoms with Crippen LogP contribution in [0.15, 0.2) is 0 Å². The minimum atomic E-state index is -0.722.